The Kier molecular flexibility index (Phi) is 6.35. The maximum atomic E-state index is 10.2. The third-order valence-electron chi connectivity index (χ3n) is 10.8. The van der Waals surface area contributed by atoms with E-state index in [2.05, 4.69) is 59.8 Å². The monoisotopic (exact) mass is 412 g/mol. The minimum Gasteiger partial charge on any atom is -0.393 e. The summed E-state index contributed by atoms with van der Waals surface area (Å²) >= 11 is 0. The highest BCUT2D eigenvalue weighted by atomic mass is 16.3. The fourth-order valence-corrected chi connectivity index (χ4v) is 8.83. The van der Waals surface area contributed by atoms with E-state index >= 15 is 0 Å². The van der Waals surface area contributed by atoms with Crippen molar-refractivity contribution in [1.82, 2.24) is 0 Å². The quantitative estimate of drug-likeness (QED) is 0.457. The molecule has 0 heterocycles. The molecule has 0 aromatic heterocycles. The zero-order chi connectivity index (χ0) is 21.7. The lowest BCUT2D eigenvalue weighted by Gasteiger charge is -2.58. The average molecular weight is 413 g/mol. The first-order valence-electron chi connectivity index (χ1n) is 13.3. The molecule has 4 aliphatic carbocycles. The van der Waals surface area contributed by atoms with Crippen LogP contribution in [0.5, 0.6) is 0 Å². The van der Waals surface area contributed by atoms with E-state index in [1.807, 2.05) is 0 Å². The van der Waals surface area contributed by atoms with E-state index in [1.165, 1.54) is 44.9 Å². The van der Waals surface area contributed by atoms with Gasteiger partial charge in [0.1, 0.15) is 0 Å². The fourth-order valence-electron chi connectivity index (χ4n) is 8.83. The minimum atomic E-state index is -0.0870. The predicted molar refractivity (Wildman–Crippen MR) is 128 cm³/mol. The molecule has 0 bridgehead atoms. The molecule has 9 atom stereocenters. The second kappa shape index (κ2) is 8.42. The van der Waals surface area contributed by atoms with E-state index in [1.54, 1.807) is 5.57 Å². The van der Waals surface area contributed by atoms with E-state index in [-0.39, 0.29) is 6.10 Å². The van der Waals surface area contributed by atoms with Crippen LogP contribution in [0.4, 0.5) is 0 Å². The molecular weight excluding hydrogens is 364 g/mol. The van der Waals surface area contributed by atoms with Gasteiger partial charge in [-0.25, -0.2) is 0 Å². The molecule has 0 radical (unpaired) electrons. The zero-order valence-corrected chi connectivity index (χ0v) is 20.7. The highest BCUT2D eigenvalue weighted by Gasteiger charge is 2.58. The van der Waals surface area contributed by atoms with Crippen LogP contribution in [0, 0.1) is 52.3 Å². The summed E-state index contributed by atoms with van der Waals surface area (Å²) < 4.78 is 0. The van der Waals surface area contributed by atoms with E-state index < -0.39 is 0 Å². The van der Waals surface area contributed by atoms with Gasteiger partial charge in [0.15, 0.2) is 0 Å². The van der Waals surface area contributed by atoms with E-state index in [0.717, 1.165) is 48.3 Å². The van der Waals surface area contributed by atoms with Crippen molar-refractivity contribution in [1.29, 1.82) is 0 Å². The molecule has 0 aliphatic heterocycles. The number of fused-ring (bicyclic) bond motifs is 5. The Balaban J connectivity index is 1.52. The number of rotatable bonds is 5. The van der Waals surface area contributed by atoms with Crippen LogP contribution in [0.2, 0.25) is 0 Å². The first kappa shape index (κ1) is 22.6. The third-order valence-corrected chi connectivity index (χ3v) is 10.8. The highest BCUT2D eigenvalue weighted by Crippen LogP contribution is 2.67. The lowest BCUT2D eigenvalue weighted by Crippen LogP contribution is -2.50. The van der Waals surface area contributed by atoms with Gasteiger partial charge < -0.3 is 5.11 Å². The third kappa shape index (κ3) is 3.66. The fraction of sp³-hybridized carbons (Fsp3) is 0.862. The number of hydrogen-bond acceptors (Lipinski definition) is 1. The smallest absolute Gasteiger partial charge is 0.0577 e. The number of allylic oxidation sites excluding steroid dienone is 3. The van der Waals surface area contributed by atoms with Crippen LogP contribution in [0.25, 0.3) is 0 Å². The second-order valence-electron chi connectivity index (χ2n) is 12.4. The van der Waals surface area contributed by atoms with Gasteiger partial charge >= 0.3 is 0 Å². The van der Waals surface area contributed by atoms with Crippen molar-refractivity contribution < 1.29 is 5.11 Å². The molecule has 0 aromatic carbocycles. The summed E-state index contributed by atoms with van der Waals surface area (Å²) in [7, 11) is 0. The summed E-state index contributed by atoms with van der Waals surface area (Å²) in [4.78, 5) is 0. The summed E-state index contributed by atoms with van der Waals surface area (Å²) in [5, 5.41) is 10.2. The second-order valence-corrected chi connectivity index (χ2v) is 12.4. The molecule has 3 saturated carbocycles. The van der Waals surface area contributed by atoms with Gasteiger partial charge in [-0.05, 0) is 110 Å². The lowest BCUT2D eigenvalue weighted by atomic mass is 9.47. The number of hydrogen-bond donors (Lipinski definition) is 1. The summed E-state index contributed by atoms with van der Waals surface area (Å²) in [6, 6.07) is 0. The van der Waals surface area contributed by atoms with Crippen LogP contribution < -0.4 is 0 Å². The Morgan fingerprint density at radius 2 is 1.80 bits per heavy atom. The normalized spacial score (nSPS) is 45.6. The Morgan fingerprint density at radius 1 is 1.03 bits per heavy atom. The Bertz CT molecular complexity index is 674. The summed E-state index contributed by atoms with van der Waals surface area (Å²) in [6.45, 7) is 14.8. The molecule has 4 rings (SSSR count). The summed E-state index contributed by atoms with van der Waals surface area (Å²) in [6.07, 6.45) is 19.1. The molecule has 30 heavy (non-hydrogen) atoms. The topological polar surface area (TPSA) is 20.2 Å². The van der Waals surface area contributed by atoms with Crippen molar-refractivity contribution in [2.45, 2.75) is 105 Å². The molecule has 4 aliphatic rings. The van der Waals surface area contributed by atoms with Crippen LogP contribution in [0.3, 0.4) is 0 Å². The Morgan fingerprint density at radius 3 is 2.50 bits per heavy atom. The van der Waals surface area contributed by atoms with E-state index in [0.29, 0.717) is 16.7 Å². The van der Waals surface area contributed by atoms with Gasteiger partial charge in [-0.3, -0.25) is 0 Å². The van der Waals surface area contributed by atoms with Crippen molar-refractivity contribution in [3.05, 3.63) is 23.8 Å². The SMILES string of the molecule is CC[C@@H](/C=C\[C@@H](C)[C@@H]1CC[C@@H]2[C@@H]3CC=C4C[C@@H](O)CC[C@]4(C)[C@H]3CC[C@@]21C)C(C)C. The van der Waals surface area contributed by atoms with Gasteiger partial charge in [0.05, 0.1) is 6.10 Å². The van der Waals surface area contributed by atoms with Crippen LogP contribution >= 0.6 is 0 Å². The van der Waals surface area contributed by atoms with Crippen LogP contribution in [0.15, 0.2) is 23.8 Å². The molecular formula is C29H48O. The molecule has 1 heteroatoms. The predicted octanol–water partition coefficient (Wildman–Crippen LogP) is 7.80. The zero-order valence-electron chi connectivity index (χ0n) is 20.7. The van der Waals surface area contributed by atoms with Gasteiger partial charge in [-0.15, -0.1) is 0 Å². The molecule has 1 N–H and O–H groups in total. The standard InChI is InChI=1S/C29H48O/c1-7-21(19(2)3)9-8-20(4)25-12-13-26-24-11-10-22-18-23(30)14-16-28(22,5)27(24)15-17-29(25,26)6/h8-10,19-21,23-27,30H,7,11-18H2,1-6H3/b9-8-/t20-,21+,23+,24+,25+,26-,27+,28+,29-/m1/s1. The van der Waals surface area contributed by atoms with Gasteiger partial charge in [-0.2, -0.15) is 0 Å². The molecule has 0 saturated heterocycles. The maximum Gasteiger partial charge on any atom is 0.0577 e. The van der Waals surface area contributed by atoms with Crippen molar-refractivity contribution >= 4 is 0 Å². The lowest BCUT2D eigenvalue weighted by molar-refractivity contribution is -0.0540. The highest BCUT2D eigenvalue weighted by molar-refractivity contribution is 5.25. The first-order valence-corrected chi connectivity index (χ1v) is 13.3. The first-order chi connectivity index (χ1) is 14.2. The molecule has 3 fully saturated rings. The van der Waals surface area contributed by atoms with Gasteiger partial charge in [-0.1, -0.05) is 65.3 Å². The molecule has 0 spiro atoms. The van der Waals surface area contributed by atoms with E-state index in [4.69, 9.17) is 0 Å². The van der Waals surface area contributed by atoms with Crippen molar-refractivity contribution in [2.24, 2.45) is 52.3 Å². The van der Waals surface area contributed by atoms with Crippen LogP contribution in [-0.4, -0.2) is 11.2 Å². The minimum absolute atomic E-state index is 0.0870. The van der Waals surface area contributed by atoms with Crippen molar-refractivity contribution in [3.8, 4) is 0 Å². The number of aliphatic hydroxyl groups is 1. The molecule has 0 unspecified atom stereocenters. The Hall–Kier alpha value is -0.560. The van der Waals surface area contributed by atoms with Gasteiger partial charge in [0.2, 0.25) is 0 Å². The van der Waals surface area contributed by atoms with Crippen LogP contribution in [-0.2, 0) is 0 Å². The largest absolute Gasteiger partial charge is 0.393 e. The number of aliphatic hydroxyl groups excluding tert-OH is 1. The Labute approximate surface area is 186 Å². The molecule has 170 valence electrons. The molecule has 1 nitrogen and oxygen atoms in total. The molecule has 0 aromatic rings. The van der Waals surface area contributed by atoms with Crippen molar-refractivity contribution in [3.63, 3.8) is 0 Å². The van der Waals surface area contributed by atoms with Gasteiger partial charge in [0.25, 0.3) is 0 Å². The van der Waals surface area contributed by atoms with Crippen molar-refractivity contribution in [2.75, 3.05) is 0 Å². The van der Waals surface area contributed by atoms with Gasteiger partial charge in [0, 0.05) is 0 Å². The van der Waals surface area contributed by atoms with Crippen LogP contribution in [0.1, 0.15) is 99.3 Å². The average Bonchev–Trinajstić information content (AvgIpc) is 3.06. The molecule has 0 amide bonds. The summed E-state index contributed by atoms with van der Waals surface area (Å²) in [5.74, 6) is 5.70. The van der Waals surface area contributed by atoms with E-state index in [9.17, 15) is 5.11 Å². The maximum absolute atomic E-state index is 10.2. The summed E-state index contributed by atoms with van der Waals surface area (Å²) in [5.41, 5.74) is 2.51.